The summed E-state index contributed by atoms with van der Waals surface area (Å²) in [6.45, 7) is 4.84. The summed E-state index contributed by atoms with van der Waals surface area (Å²) < 4.78 is 0. The Morgan fingerprint density at radius 1 is 1.25 bits per heavy atom. The van der Waals surface area contributed by atoms with Crippen LogP contribution in [0.4, 0.5) is 0 Å². The molecule has 3 heterocycles. The van der Waals surface area contributed by atoms with Crippen molar-refractivity contribution in [3.05, 3.63) is 30.1 Å². The van der Waals surface area contributed by atoms with Gasteiger partial charge in [0.05, 0.1) is 17.4 Å². The molecule has 2 N–H and O–H groups in total. The van der Waals surface area contributed by atoms with E-state index in [0.29, 0.717) is 18.0 Å². The third-order valence-corrected chi connectivity index (χ3v) is 5.46. The molecule has 2 aliphatic rings. The number of amides is 1. The Labute approximate surface area is 141 Å². The lowest BCUT2D eigenvalue weighted by molar-refractivity contribution is 0.0779. The Hall–Kier alpha value is -1.92. The molecule has 0 unspecified atom stereocenters. The number of aliphatic hydroxyl groups is 1. The number of imidazole rings is 1. The molecular weight excluding hydrogens is 304 g/mol. The first-order chi connectivity index (χ1) is 11.7. The summed E-state index contributed by atoms with van der Waals surface area (Å²) in [4.78, 5) is 24.5. The minimum atomic E-state index is 0.0499. The highest BCUT2D eigenvalue weighted by Crippen LogP contribution is 2.27. The first kappa shape index (κ1) is 15.6. The van der Waals surface area contributed by atoms with Crippen molar-refractivity contribution in [1.29, 1.82) is 0 Å². The molecule has 2 aromatic rings. The zero-order chi connectivity index (χ0) is 16.5. The van der Waals surface area contributed by atoms with Crippen molar-refractivity contribution in [2.75, 3.05) is 39.3 Å². The Balaban J connectivity index is 1.47. The summed E-state index contributed by atoms with van der Waals surface area (Å²) in [6, 6.07) is 5.58. The minimum absolute atomic E-state index is 0.0499. The average molecular weight is 328 g/mol. The number of aromatic amines is 1. The van der Waals surface area contributed by atoms with E-state index in [1.54, 1.807) is 6.33 Å². The highest BCUT2D eigenvalue weighted by molar-refractivity contribution is 5.97. The van der Waals surface area contributed by atoms with Gasteiger partial charge in [-0.2, -0.15) is 0 Å². The molecule has 2 fully saturated rings. The largest absolute Gasteiger partial charge is 0.396 e. The average Bonchev–Trinajstić information content (AvgIpc) is 3.34. The number of nitrogens with zero attached hydrogens (tertiary/aromatic N) is 3. The third kappa shape index (κ3) is 2.91. The predicted molar refractivity (Wildman–Crippen MR) is 91.7 cm³/mol. The van der Waals surface area contributed by atoms with E-state index in [1.165, 1.54) is 12.8 Å². The van der Waals surface area contributed by atoms with Gasteiger partial charge in [0.1, 0.15) is 0 Å². The maximum atomic E-state index is 12.9. The fourth-order valence-electron chi connectivity index (χ4n) is 4.07. The lowest BCUT2D eigenvalue weighted by Crippen LogP contribution is -2.32. The van der Waals surface area contributed by atoms with Crippen molar-refractivity contribution in [2.24, 2.45) is 11.8 Å². The molecule has 24 heavy (non-hydrogen) atoms. The highest BCUT2D eigenvalue weighted by atomic mass is 16.3. The number of rotatable bonds is 4. The van der Waals surface area contributed by atoms with Crippen LogP contribution in [-0.4, -0.2) is 70.1 Å². The van der Waals surface area contributed by atoms with E-state index in [0.717, 1.165) is 37.2 Å². The van der Waals surface area contributed by atoms with E-state index < -0.39 is 0 Å². The lowest BCUT2D eigenvalue weighted by atomic mass is 9.96. The molecule has 0 bridgehead atoms. The molecule has 2 saturated heterocycles. The van der Waals surface area contributed by atoms with Crippen LogP contribution in [-0.2, 0) is 0 Å². The molecule has 2 aliphatic heterocycles. The Bertz CT molecular complexity index is 723. The summed E-state index contributed by atoms with van der Waals surface area (Å²) in [7, 11) is 0. The Morgan fingerprint density at radius 3 is 2.83 bits per heavy atom. The van der Waals surface area contributed by atoms with E-state index in [9.17, 15) is 9.90 Å². The zero-order valence-corrected chi connectivity index (χ0v) is 13.8. The number of carbonyl (C=O) groups excluding carboxylic acids is 1. The summed E-state index contributed by atoms with van der Waals surface area (Å²) in [6.07, 6.45) is 4.18. The summed E-state index contributed by atoms with van der Waals surface area (Å²) in [5.41, 5.74) is 2.44. The van der Waals surface area contributed by atoms with Crippen LogP contribution in [0.2, 0.25) is 0 Å². The van der Waals surface area contributed by atoms with Gasteiger partial charge < -0.3 is 19.9 Å². The maximum absolute atomic E-state index is 12.9. The van der Waals surface area contributed by atoms with Crippen LogP contribution in [0.15, 0.2) is 24.5 Å². The van der Waals surface area contributed by atoms with Gasteiger partial charge in [0, 0.05) is 37.7 Å². The van der Waals surface area contributed by atoms with Crippen molar-refractivity contribution < 1.29 is 9.90 Å². The van der Waals surface area contributed by atoms with Gasteiger partial charge in [-0.15, -0.1) is 0 Å². The van der Waals surface area contributed by atoms with E-state index >= 15 is 0 Å². The Kier molecular flexibility index (Phi) is 4.24. The summed E-state index contributed by atoms with van der Waals surface area (Å²) >= 11 is 0. The zero-order valence-electron chi connectivity index (χ0n) is 13.8. The van der Waals surface area contributed by atoms with Crippen LogP contribution < -0.4 is 0 Å². The normalized spacial score (nSPS) is 25.0. The molecule has 1 aromatic heterocycles. The molecule has 0 spiro atoms. The van der Waals surface area contributed by atoms with Crippen molar-refractivity contribution in [1.82, 2.24) is 19.8 Å². The molecule has 128 valence electrons. The second kappa shape index (κ2) is 6.53. The fraction of sp³-hybridized carbons (Fsp3) is 0.556. The topological polar surface area (TPSA) is 72.5 Å². The van der Waals surface area contributed by atoms with E-state index in [1.807, 2.05) is 23.1 Å². The number of nitrogens with one attached hydrogen (secondary N) is 1. The second-order valence-electron chi connectivity index (χ2n) is 7.06. The van der Waals surface area contributed by atoms with Gasteiger partial charge >= 0.3 is 0 Å². The minimum Gasteiger partial charge on any atom is -0.396 e. The standard InChI is InChI=1S/C18H24N4O2/c23-11-15-10-22(9-14(15)8-21-5-1-2-6-21)18(24)13-3-4-16-17(7-13)20-12-19-16/h3-4,7,12,14-15,23H,1-2,5-6,8-11H2,(H,19,20)/t14-,15-/m1/s1. The second-order valence-corrected chi connectivity index (χ2v) is 7.06. The lowest BCUT2D eigenvalue weighted by Gasteiger charge is -2.22. The molecular formula is C18H24N4O2. The SMILES string of the molecule is O=C(c1ccc2nc[nH]c2c1)N1C[C@@H](CN2CCCC2)[C@@H](CO)C1. The van der Waals surface area contributed by atoms with Crippen molar-refractivity contribution in [2.45, 2.75) is 12.8 Å². The van der Waals surface area contributed by atoms with E-state index in [-0.39, 0.29) is 18.4 Å². The molecule has 0 saturated carbocycles. The van der Waals surface area contributed by atoms with Gasteiger partial charge in [-0.3, -0.25) is 4.79 Å². The van der Waals surface area contributed by atoms with Gasteiger partial charge in [0.2, 0.25) is 0 Å². The predicted octanol–water partition coefficient (Wildman–Crippen LogP) is 1.34. The fourth-order valence-corrected chi connectivity index (χ4v) is 4.07. The van der Waals surface area contributed by atoms with Crippen LogP contribution in [0.5, 0.6) is 0 Å². The molecule has 0 aliphatic carbocycles. The molecule has 0 radical (unpaired) electrons. The monoisotopic (exact) mass is 328 g/mol. The molecule has 1 aromatic carbocycles. The van der Waals surface area contributed by atoms with Crippen LogP contribution in [0.3, 0.4) is 0 Å². The smallest absolute Gasteiger partial charge is 0.253 e. The number of likely N-dealkylation sites (tertiary alicyclic amines) is 2. The van der Waals surface area contributed by atoms with Crippen LogP contribution in [0.25, 0.3) is 11.0 Å². The number of aliphatic hydroxyl groups excluding tert-OH is 1. The molecule has 6 heteroatoms. The number of H-pyrrole nitrogens is 1. The number of carbonyl (C=O) groups is 1. The molecule has 1 amide bonds. The van der Waals surface area contributed by atoms with Gasteiger partial charge in [-0.1, -0.05) is 0 Å². The maximum Gasteiger partial charge on any atom is 0.253 e. The van der Waals surface area contributed by atoms with E-state index in [4.69, 9.17) is 0 Å². The first-order valence-corrected chi connectivity index (χ1v) is 8.80. The van der Waals surface area contributed by atoms with Gasteiger partial charge in [-0.05, 0) is 50.0 Å². The van der Waals surface area contributed by atoms with Gasteiger partial charge in [-0.25, -0.2) is 4.98 Å². The van der Waals surface area contributed by atoms with E-state index in [2.05, 4.69) is 14.9 Å². The van der Waals surface area contributed by atoms with Crippen molar-refractivity contribution in [3.8, 4) is 0 Å². The van der Waals surface area contributed by atoms with Crippen molar-refractivity contribution in [3.63, 3.8) is 0 Å². The highest BCUT2D eigenvalue weighted by Gasteiger charge is 2.36. The number of fused-ring (bicyclic) bond motifs is 1. The van der Waals surface area contributed by atoms with Crippen LogP contribution in [0.1, 0.15) is 23.2 Å². The van der Waals surface area contributed by atoms with Gasteiger partial charge in [0.25, 0.3) is 5.91 Å². The first-order valence-electron chi connectivity index (χ1n) is 8.80. The van der Waals surface area contributed by atoms with Crippen molar-refractivity contribution >= 4 is 16.9 Å². The number of aromatic nitrogens is 2. The number of hydrogen-bond acceptors (Lipinski definition) is 4. The van der Waals surface area contributed by atoms with Crippen LogP contribution >= 0.6 is 0 Å². The molecule has 2 atom stereocenters. The number of benzene rings is 1. The Morgan fingerprint density at radius 2 is 2.04 bits per heavy atom. The summed E-state index contributed by atoms with van der Waals surface area (Å²) in [5.74, 6) is 0.604. The quantitative estimate of drug-likeness (QED) is 0.888. The number of hydrogen-bond donors (Lipinski definition) is 2. The third-order valence-electron chi connectivity index (χ3n) is 5.46. The van der Waals surface area contributed by atoms with Crippen LogP contribution in [0, 0.1) is 11.8 Å². The molecule has 4 rings (SSSR count). The summed E-state index contributed by atoms with van der Waals surface area (Å²) in [5, 5.41) is 9.72. The molecule has 6 nitrogen and oxygen atoms in total. The van der Waals surface area contributed by atoms with Gasteiger partial charge in [0.15, 0.2) is 0 Å².